The van der Waals surface area contributed by atoms with E-state index in [1.807, 2.05) is 0 Å². The lowest BCUT2D eigenvalue weighted by Crippen LogP contribution is -2.36. The minimum absolute atomic E-state index is 0.611. The average molecular weight is 284 g/mol. The molecule has 0 aromatic rings. The highest BCUT2D eigenvalue weighted by Crippen LogP contribution is 2.16. The molecule has 20 heavy (non-hydrogen) atoms. The molecule has 0 amide bonds. The van der Waals surface area contributed by atoms with E-state index < -0.39 is 0 Å². The van der Waals surface area contributed by atoms with Gasteiger partial charge in [0, 0.05) is 12.1 Å². The Kier molecular flexibility index (Phi) is 13.9. The smallest absolute Gasteiger partial charge is 0.00667 e. The standard InChI is InChI=1S/C19H41N/c1-6-7-8-9-10-11-12-13-14-15-16-18(4)19(5)20-17(2)3/h17-20H,6-16H2,1-5H3. The molecule has 0 bridgehead atoms. The molecule has 2 unspecified atom stereocenters. The van der Waals surface area contributed by atoms with Gasteiger partial charge >= 0.3 is 0 Å². The highest BCUT2D eigenvalue weighted by molar-refractivity contribution is 4.70. The van der Waals surface area contributed by atoms with E-state index in [0.717, 1.165) is 5.92 Å². The van der Waals surface area contributed by atoms with Crippen LogP contribution in [0.5, 0.6) is 0 Å². The Morgan fingerprint density at radius 3 is 1.55 bits per heavy atom. The van der Waals surface area contributed by atoms with Gasteiger partial charge in [-0.05, 0) is 19.3 Å². The SMILES string of the molecule is CCCCCCCCCCCCC(C)C(C)NC(C)C. The highest BCUT2D eigenvalue weighted by Gasteiger charge is 2.11. The van der Waals surface area contributed by atoms with Gasteiger partial charge in [0.15, 0.2) is 0 Å². The third-order valence-electron chi connectivity index (χ3n) is 4.46. The first-order chi connectivity index (χ1) is 9.57. The maximum Gasteiger partial charge on any atom is 0.00667 e. The van der Waals surface area contributed by atoms with Gasteiger partial charge in [0.05, 0.1) is 0 Å². The van der Waals surface area contributed by atoms with Crippen LogP contribution < -0.4 is 5.32 Å². The van der Waals surface area contributed by atoms with Crippen LogP contribution in [-0.4, -0.2) is 12.1 Å². The van der Waals surface area contributed by atoms with Crippen molar-refractivity contribution in [2.75, 3.05) is 0 Å². The molecule has 0 aliphatic heterocycles. The molecule has 0 aromatic carbocycles. The fourth-order valence-electron chi connectivity index (χ4n) is 2.89. The highest BCUT2D eigenvalue weighted by atomic mass is 14.9. The maximum atomic E-state index is 3.63. The first kappa shape index (κ1) is 20.0. The van der Waals surface area contributed by atoms with Crippen LogP contribution in [0.3, 0.4) is 0 Å². The molecule has 122 valence electrons. The van der Waals surface area contributed by atoms with E-state index in [0.29, 0.717) is 12.1 Å². The number of rotatable bonds is 14. The fraction of sp³-hybridized carbons (Fsp3) is 1.00. The van der Waals surface area contributed by atoms with Crippen LogP contribution in [0.1, 0.15) is 105 Å². The summed E-state index contributed by atoms with van der Waals surface area (Å²) in [6.45, 7) is 11.5. The molecule has 0 aliphatic carbocycles. The zero-order valence-corrected chi connectivity index (χ0v) is 15.0. The van der Waals surface area contributed by atoms with Crippen molar-refractivity contribution in [3.05, 3.63) is 0 Å². The summed E-state index contributed by atoms with van der Waals surface area (Å²) in [4.78, 5) is 0. The van der Waals surface area contributed by atoms with E-state index in [-0.39, 0.29) is 0 Å². The summed E-state index contributed by atoms with van der Waals surface area (Å²) < 4.78 is 0. The molecule has 0 saturated heterocycles. The van der Waals surface area contributed by atoms with Crippen molar-refractivity contribution in [3.8, 4) is 0 Å². The number of hydrogen-bond donors (Lipinski definition) is 1. The molecular weight excluding hydrogens is 242 g/mol. The summed E-state index contributed by atoms with van der Waals surface area (Å²) in [6.07, 6.45) is 15.8. The summed E-state index contributed by atoms with van der Waals surface area (Å²) in [6, 6.07) is 1.27. The van der Waals surface area contributed by atoms with Gasteiger partial charge in [0.1, 0.15) is 0 Å². The Bertz CT molecular complexity index is 188. The van der Waals surface area contributed by atoms with Gasteiger partial charge in [-0.1, -0.05) is 91.9 Å². The molecule has 0 fully saturated rings. The second kappa shape index (κ2) is 13.9. The van der Waals surface area contributed by atoms with Gasteiger partial charge in [-0.3, -0.25) is 0 Å². The third-order valence-corrected chi connectivity index (χ3v) is 4.46. The summed E-state index contributed by atoms with van der Waals surface area (Å²) >= 11 is 0. The van der Waals surface area contributed by atoms with E-state index in [2.05, 4.69) is 39.9 Å². The van der Waals surface area contributed by atoms with E-state index in [9.17, 15) is 0 Å². The Balaban J connectivity index is 3.26. The Hall–Kier alpha value is -0.0400. The average Bonchev–Trinajstić information content (AvgIpc) is 2.39. The molecule has 2 atom stereocenters. The molecule has 0 heterocycles. The minimum Gasteiger partial charge on any atom is -0.312 e. The molecule has 1 N–H and O–H groups in total. The van der Waals surface area contributed by atoms with Gasteiger partial charge in [0.25, 0.3) is 0 Å². The lowest BCUT2D eigenvalue weighted by molar-refractivity contribution is 0.345. The van der Waals surface area contributed by atoms with Crippen molar-refractivity contribution in [2.45, 2.75) is 117 Å². The van der Waals surface area contributed by atoms with Crippen molar-refractivity contribution in [1.29, 1.82) is 0 Å². The predicted molar refractivity (Wildman–Crippen MR) is 93.4 cm³/mol. The second-order valence-electron chi connectivity index (χ2n) is 7.06. The molecule has 0 saturated carbocycles. The van der Waals surface area contributed by atoms with Crippen molar-refractivity contribution in [1.82, 2.24) is 5.32 Å². The van der Waals surface area contributed by atoms with Gasteiger partial charge < -0.3 is 5.32 Å². The van der Waals surface area contributed by atoms with Crippen molar-refractivity contribution in [2.24, 2.45) is 5.92 Å². The maximum absolute atomic E-state index is 3.63. The first-order valence-electron chi connectivity index (χ1n) is 9.34. The lowest BCUT2D eigenvalue weighted by atomic mass is 9.95. The zero-order valence-electron chi connectivity index (χ0n) is 15.0. The van der Waals surface area contributed by atoms with Crippen LogP contribution >= 0.6 is 0 Å². The van der Waals surface area contributed by atoms with Crippen molar-refractivity contribution < 1.29 is 0 Å². The second-order valence-corrected chi connectivity index (χ2v) is 7.06. The quantitative estimate of drug-likeness (QED) is 0.368. The minimum atomic E-state index is 0.611. The van der Waals surface area contributed by atoms with Gasteiger partial charge in [-0.2, -0.15) is 0 Å². The zero-order chi connectivity index (χ0) is 15.2. The summed E-state index contributed by atoms with van der Waals surface area (Å²) in [5, 5.41) is 3.63. The van der Waals surface area contributed by atoms with Gasteiger partial charge in [0.2, 0.25) is 0 Å². The molecule has 0 rings (SSSR count). The molecule has 0 radical (unpaired) electrons. The molecule has 1 nitrogen and oxygen atoms in total. The molecule has 0 spiro atoms. The fourth-order valence-corrected chi connectivity index (χ4v) is 2.89. The number of unbranched alkanes of at least 4 members (excludes halogenated alkanes) is 9. The summed E-state index contributed by atoms with van der Waals surface area (Å²) in [5.74, 6) is 0.812. The molecule has 0 aliphatic rings. The lowest BCUT2D eigenvalue weighted by Gasteiger charge is -2.23. The van der Waals surface area contributed by atoms with Crippen LogP contribution in [-0.2, 0) is 0 Å². The van der Waals surface area contributed by atoms with Crippen LogP contribution in [0.25, 0.3) is 0 Å². The van der Waals surface area contributed by atoms with Crippen LogP contribution in [0, 0.1) is 5.92 Å². The van der Waals surface area contributed by atoms with Gasteiger partial charge in [-0.25, -0.2) is 0 Å². The Labute approximate surface area is 129 Å². The molecule has 1 heteroatoms. The van der Waals surface area contributed by atoms with E-state index in [1.54, 1.807) is 0 Å². The van der Waals surface area contributed by atoms with Crippen LogP contribution in [0.2, 0.25) is 0 Å². The first-order valence-corrected chi connectivity index (χ1v) is 9.34. The predicted octanol–water partition coefficient (Wildman–Crippen LogP) is 6.32. The molecule has 0 aromatic heterocycles. The largest absolute Gasteiger partial charge is 0.312 e. The van der Waals surface area contributed by atoms with Crippen molar-refractivity contribution >= 4 is 0 Å². The summed E-state index contributed by atoms with van der Waals surface area (Å²) in [7, 11) is 0. The topological polar surface area (TPSA) is 12.0 Å². The summed E-state index contributed by atoms with van der Waals surface area (Å²) in [5.41, 5.74) is 0. The number of hydrogen-bond acceptors (Lipinski definition) is 1. The Morgan fingerprint density at radius 1 is 0.650 bits per heavy atom. The Morgan fingerprint density at radius 2 is 1.10 bits per heavy atom. The van der Waals surface area contributed by atoms with E-state index >= 15 is 0 Å². The van der Waals surface area contributed by atoms with E-state index in [1.165, 1.54) is 70.6 Å². The monoisotopic (exact) mass is 283 g/mol. The van der Waals surface area contributed by atoms with Crippen LogP contribution in [0.15, 0.2) is 0 Å². The van der Waals surface area contributed by atoms with E-state index in [4.69, 9.17) is 0 Å². The van der Waals surface area contributed by atoms with Crippen LogP contribution in [0.4, 0.5) is 0 Å². The molecular formula is C19H41N. The van der Waals surface area contributed by atoms with Crippen molar-refractivity contribution in [3.63, 3.8) is 0 Å². The normalized spacial score (nSPS) is 14.7. The van der Waals surface area contributed by atoms with Gasteiger partial charge in [-0.15, -0.1) is 0 Å². The number of nitrogens with one attached hydrogen (secondary N) is 1. The third kappa shape index (κ3) is 13.0.